The summed E-state index contributed by atoms with van der Waals surface area (Å²) in [7, 11) is 2.53. The molecule has 4 heterocycles. The minimum absolute atomic E-state index is 0. The lowest BCUT2D eigenvalue weighted by molar-refractivity contribution is -0.385. The number of carbonyl (C=O) groups excluding carboxylic acids is 4. The average Bonchev–Trinajstić information content (AvgIpc) is 3.38. The van der Waals surface area contributed by atoms with Crippen molar-refractivity contribution in [2.24, 2.45) is 0 Å². The van der Waals surface area contributed by atoms with Crippen LogP contribution < -0.4 is 10.6 Å². The fourth-order valence-electron chi connectivity index (χ4n) is 10.2. The molecule has 404 valence electrons. The SMILES string of the molecule is COC(=O)C1=C(C)NC(C)=C(C(=O)O[C@@H]2CCCN(Cc3ccccc3)C2)[C@@H]1c1cccc([N+](=O)[O-])c1.COC(=O)C1=C(C)NC(C)=C(C(=O)O[C@H]2CCCN(Cc3ccccc3)C2)[C@H]1c1cccc([N+](=O)[O-])c1.Cl.Cl. The number of nitro benzene ring substituents is 2. The minimum atomic E-state index is -0.870. The van der Waals surface area contributed by atoms with Gasteiger partial charge in [0.1, 0.15) is 12.2 Å². The monoisotopic (exact) mass is 1080 g/mol. The van der Waals surface area contributed by atoms with Crippen LogP contribution in [-0.4, -0.2) is 96.1 Å². The maximum Gasteiger partial charge on any atom is 0.337 e. The number of hydrogen-bond donors (Lipinski definition) is 2. The van der Waals surface area contributed by atoms with Gasteiger partial charge < -0.3 is 29.6 Å². The van der Waals surface area contributed by atoms with E-state index in [1.165, 1.54) is 49.6 Å². The van der Waals surface area contributed by atoms with Gasteiger partial charge in [-0.2, -0.15) is 0 Å². The van der Waals surface area contributed by atoms with Crippen LogP contribution in [0.2, 0.25) is 0 Å². The quantitative estimate of drug-likeness (QED) is 0.0520. The minimum Gasteiger partial charge on any atom is -0.466 e. The van der Waals surface area contributed by atoms with E-state index in [4.69, 9.17) is 18.9 Å². The highest BCUT2D eigenvalue weighted by atomic mass is 35.5. The van der Waals surface area contributed by atoms with Crippen LogP contribution in [0.3, 0.4) is 0 Å². The first-order chi connectivity index (χ1) is 35.6. The highest BCUT2D eigenvalue weighted by Gasteiger charge is 2.41. The third-order valence-corrected chi connectivity index (χ3v) is 13.6. The van der Waals surface area contributed by atoms with Crippen LogP contribution in [0.4, 0.5) is 11.4 Å². The number of halogens is 2. The number of likely N-dealkylation sites (tertiary alicyclic amines) is 2. The number of methoxy groups -OCH3 is 2. The standard InChI is InChI=1S/2C28H31N3O6.2ClH/c2*1-18-24(27(32)36-3)26(21-11-7-12-22(15-21)31(34)35)25(19(2)29-18)28(33)37-23-13-8-14-30(17-23)16-20-9-5-4-6-10-20;;/h2*4-7,9-12,15,23,26,29H,8,13-14,16-17H2,1-3H3;2*1H/t2*23-,26-;;/m10../s1. The Morgan fingerprint density at radius 2 is 0.868 bits per heavy atom. The number of nitrogens with zero attached hydrogens (tertiary/aromatic N) is 4. The summed E-state index contributed by atoms with van der Waals surface area (Å²) >= 11 is 0. The van der Waals surface area contributed by atoms with Gasteiger partial charge >= 0.3 is 23.9 Å². The molecule has 0 unspecified atom stereocenters. The number of esters is 4. The van der Waals surface area contributed by atoms with Crippen LogP contribution in [0.15, 0.2) is 154 Å². The van der Waals surface area contributed by atoms with Crippen LogP contribution in [-0.2, 0) is 51.2 Å². The zero-order chi connectivity index (χ0) is 53.1. The van der Waals surface area contributed by atoms with Crippen LogP contribution in [0, 0.1) is 20.2 Å². The molecular formula is C56H64Cl2N6O12. The molecule has 76 heavy (non-hydrogen) atoms. The fraction of sp³-hybridized carbons (Fsp3) is 0.357. The molecule has 0 radical (unpaired) electrons. The fourth-order valence-corrected chi connectivity index (χ4v) is 10.2. The summed E-state index contributed by atoms with van der Waals surface area (Å²) in [5.74, 6) is -4.09. The summed E-state index contributed by atoms with van der Waals surface area (Å²) in [6, 6.07) is 32.2. The second-order valence-electron chi connectivity index (χ2n) is 18.7. The van der Waals surface area contributed by atoms with Crippen molar-refractivity contribution in [1.82, 2.24) is 20.4 Å². The van der Waals surface area contributed by atoms with E-state index in [1.54, 1.807) is 52.0 Å². The molecule has 4 aromatic rings. The Morgan fingerprint density at radius 1 is 0.526 bits per heavy atom. The van der Waals surface area contributed by atoms with Gasteiger partial charge in [-0.3, -0.25) is 30.0 Å². The second kappa shape index (κ2) is 27.4. The van der Waals surface area contributed by atoms with Crippen molar-refractivity contribution in [2.75, 3.05) is 40.4 Å². The first kappa shape index (κ1) is 59.5. The Kier molecular flexibility index (Phi) is 21.5. The normalized spacial score (nSPS) is 19.8. The van der Waals surface area contributed by atoms with Gasteiger partial charge in [-0.15, -0.1) is 24.8 Å². The van der Waals surface area contributed by atoms with E-state index in [9.17, 15) is 39.4 Å². The Balaban J connectivity index is 0.000000274. The molecule has 0 bridgehead atoms. The summed E-state index contributed by atoms with van der Waals surface area (Å²) < 4.78 is 22.1. The lowest BCUT2D eigenvalue weighted by atomic mass is 9.80. The lowest BCUT2D eigenvalue weighted by Crippen LogP contribution is -2.41. The average molecular weight is 1080 g/mol. The lowest BCUT2D eigenvalue weighted by Gasteiger charge is -2.34. The molecule has 0 spiro atoms. The maximum absolute atomic E-state index is 13.7. The van der Waals surface area contributed by atoms with Crippen molar-refractivity contribution in [1.29, 1.82) is 0 Å². The van der Waals surface area contributed by atoms with Gasteiger partial charge in [0.25, 0.3) is 11.4 Å². The van der Waals surface area contributed by atoms with Gasteiger partial charge in [0.05, 0.1) is 58.2 Å². The van der Waals surface area contributed by atoms with Crippen molar-refractivity contribution in [3.8, 4) is 0 Å². The summed E-state index contributed by atoms with van der Waals surface area (Å²) in [6.45, 7) is 11.5. The van der Waals surface area contributed by atoms with Gasteiger partial charge in [-0.1, -0.05) is 84.9 Å². The van der Waals surface area contributed by atoms with E-state index >= 15 is 0 Å². The number of allylic oxidation sites excluding steroid dienone is 4. The first-order valence-corrected chi connectivity index (χ1v) is 24.5. The molecule has 4 atom stereocenters. The van der Waals surface area contributed by atoms with Gasteiger partial charge in [-0.25, -0.2) is 19.2 Å². The number of carbonyl (C=O) groups is 4. The zero-order valence-corrected chi connectivity index (χ0v) is 44.9. The molecule has 18 nitrogen and oxygen atoms in total. The Hall–Kier alpha value is -7.38. The van der Waals surface area contributed by atoms with E-state index in [1.807, 2.05) is 36.4 Å². The molecule has 0 amide bonds. The molecule has 0 aliphatic carbocycles. The van der Waals surface area contributed by atoms with Crippen molar-refractivity contribution < 1.29 is 48.0 Å². The second-order valence-corrected chi connectivity index (χ2v) is 18.7. The Labute approximate surface area is 454 Å². The van der Waals surface area contributed by atoms with Crippen LogP contribution in [0.1, 0.15) is 87.5 Å². The number of nitrogens with one attached hydrogen (secondary N) is 2. The Morgan fingerprint density at radius 3 is 1.20 bits per heavy atom. The third kappa shape index (κ3) is 14.5. The molecule has 2 N–H and O–H groups in total. The van der Waals surface area contributed by atoms with Gasteiger partial charge in [0.15, 0.2) is 0 Å². The van der Waals surface area contributed by atoms with Crippen molar-refractivity contribution >= 4 is 60.1 Å². The number of nitro groups is 2. The largest absolute Gasteiger partial charge is 0.466 e. The van der Waals surface area contributed by atoms with Gasteiger partial charge in [0.2, 0.25) is 0 Å². The molecule has 8 rings (SSSR count). The van der Waals surface area contributed by atoms with Crippen LogP contribution in [0.5, 0.6) is 0 Å². The number of non-ortho nitro benzene ring substituents is 2. The number of ether oxygens (including phenoxy) is 4. The molecule has 2 saturated heterocycles. The predicted octanol–water partition coefficient (Wildman–Crippen LogP) is 9.26. The molecule has 0 aromatic heterocycles. The van der Waals surface area contributed by atoms with E-state index in [0.29, 0.717) is 47.0 Å². The van der Waals surface area contributed by atoms with E-state index in [-0.39, 0.29) is 70.7 Å². The summed E-state index contributed by atoms with van der Waals surface area (Å²) in [4.78, 5) is 79.4. The van der Waals surface area contributed by atoms with Crippen LogP contribution >= 0.6 is 24.8 Å². The molecule has 20 heteroatoms. The molecule has 4 aliphatic heterocycles. The number of hydrogen-bond acceptors (Lipinski definition) is 16. The first-order valence-electron chi connectivity index (χ1n) is 24.5. The van der Waals surface area contributed by atoms with Crippen molar-refractivity contribution in [3.05, 3.63) is 197 Å². The van der Waals surface area contributed by atoms with Gasteiger partial charge in [-0.05, 0) is 88.7 Å². The Bertz CT molecular complexity index is 2720. The molecule has 4 aromatic carbocycles. The number of rotatable bonds is 14. The molecule has 4 aliphatic rings. The maximum atomic E-state index is 13.7. The third-order valence-electron chi connectivity index (χ3n) is 13.6. The topological polar surface area (TPSA) is 222 Å². The summed E-state index contributed by atoms with van der Waals surface area (Å²) in [6.07, 6.45) is 2.62. The van der Waals surface area contributed by atoms with Gasteiger partial charge in [0, 0.05) is 73.2 Å². The van der Waals surface area contributed by atoms with E-state index < -0.39 is 45.6 Å². The number of dihydropyridines is 2. The number of benzene rings is 4. The molecule has 2 fully saturated rings. The van der Waals surface area contributed by atoms with E-state index in [2.05, 4.69) is 44.7 Å². The summed E-state index contributed by atoms with van der Waals surface area (Å²) in [5, 5.41) is 29.1. The zero-order valence-electron chi connectivity index (χ0n) is 43.3. The van der Waals surface area contributed by atoms with E-state index in [0.717, 1.165) is 51.9 Å². The van der Waals surface area contributed by atoms with Crippen LogP contribution in [0.25, 0.3) is 0 Å². The predicted molar refractivity (Wildman–Crippen MR) is 289 cm³/mol. The van der Waals surface area contributed by atoms with Crippen molar-refractivity contribution in [2.45, 2.75) is 90.5 Å². The molecular weight excluding hydrogens is 1020 g/mol. The van der Waals surface area contributed by atoms with Crippen molar-refractivity contribution in [3.63, 3.8) is 0 Å². The number of piperidine rings is 2. The highest BCUT2D eigenvalue weighted by molar-refractivity contribution is 6.01. The summed E-state index contributed by atoms with van der Waals surface area (Å²) in [5.41, 5.74) is 6.02. The molecule has 0 saturated carbocycles. The highest BCUT2D eigenvalue weighted by Crippen LogP contribution is 2.42. The smallest absolute Gasteiger partial charge is 0.337 e.